The topological polar surface area (TPSA) is 52.6 Å². The van der Waals surface area contributed by atoms with Crippen molar-refractivity contribution in [2.24, 2.45) is 5.92 Å². The fourth-order valence-electron chi connectivity index (χ4n) is 3.18. The molecule has 0 aromatic heterocycles. The first-order valence-electron chi connectivity index (χ1n) is 8.45. The minimum atomic E-state index is -1.32. The second-order valence-corrected chi connectivity index (χ2v) is 7.02. The molecule has 1 saturated heterocycles. The average molecular weight is 320 g/mol. The molecule has 3 rings (SSSR count). The number of rotatable bonds is 6. The molecule has 1 aliphatic heterocycles. The molecule has 1 atom stereocenters. The number of likely N-dealkylation sites (tertiary alicyclic amines) is 1. The summed E-state index contributed by atoms with van der Waals surface area (Å²) in [6.07, 6.45) is 3.71. The first-order valence-corrected chi connectivity index (χ1v) is 8.45. The molecule has 1 heterocycles. The van der Waals surface area contributed by atoms with Crippen LogP contribution in [-0.4, -0.2) is 41.1 Å². The van der Waals surface area contributed by atoms with Crippen LogP contribution in [0.3, 0.4) is 0 Å². The summed E-state index contributed by atoms with van der Waals surface area (Å²) >= 11 is 0. The molecular weight excluding hydrogens is 295 g/mol. The highest BCUT2D eigenvalue weighted by Gasteiger charge is 2.43. The van der Waals surface area contributed by atoms with Gasteiger partial charge in [0.05, 0.1) is 0 Å². The van der Waals surface area contributed by atoms with Crippen LogP contribution in [0.25, 0.3) is 0 Å². The zero-order valence-electron chi connectivity index (χ0n) is 13.6. The van der Waals surface area contributed by atoms with E-state index >= 15 is 0 Å². The van der Waals surface area contributed by atoms with E-state index in [9.17, 15) is 14.3 Å². The van der Waals surface area contributed by atoms with Crippen LogP contribution in [-0.2, 0) is 11.3 Å². The molecule has 0 bridgehead atoms. The summed E-state index contributed by atoms with van der Waals surface area (Å²) in [5, 5.41) is 13.8. The number of piperidine rings is 1. The summed E-state index contributed by atoms with van der Waals surface area (Å²) in [5.41, 5.74) is 0.108. The van der Waals surface area contributed by atoms with Crippen molar-refractivity contribution in [3.63, 3.8) is 0 Å². The standard InChI is InChI=1S/C18H25FN2O2/c1-13-3-4-15(9-16(13)19)10-20-12-18(23)7-2-8-21(17(18)22)11-14-5-6-14/h3-4,9,14,20,23H,2,5-8,10-12H2,1H3. The van der Waals surface area contributed by atoms with Crippen LogP contribution in [0.1, 0.15) is 36.8 Å². The maximum Gasteiger partial charge on any atom is 0.255 e. The van der Waals surface area contributed by atoms with Gasteiger partial charge in [-0.3, -0.25) is 4.79 Å². The highest BCUT2D eigenvalue weighted by Crippen LogP contribution is 2.32. The molecule has 1 aromatic carbocycles. The van der Waals surface area contributed by atoms with E-state index in [0.29, 0.717) is 24.4 Å². The van der Waals surface area contributed by atoms with Crippen LogP contribution in [0.2, 0.25) is 0 Å². The maximum atomic E-state index is 13.5. The fourth-order valence-corrected chi connectivity index (χ4v) is 3.18. The Labute approximate surface area is 136 Å². The average Bonchev–Trinajstić information content (AvgIpc) is 3.32. The van der Waals surface area contributed by atoms with Crippen molar-refractivity contribution in [3.05, 3.63) is 35.1 Å². The minimum Gasteiger partial charge on any atom is -0.379 e. The van der Waals surface area contributed by atoms with Gasteiger partial charge in [0.25, 0.3) is 5.91 Å². The molecule has 126 valence electrons. The third kappa shape index (κ3) is 3.90. The van der Waals surface area contributed by atoms with E-state index in [-0.39, 0.29) is 18.3 Å². The van der Waals surface area contributed by atoms with Gasteiger partial charge in [-0.25, -0.2) is 4.39 Å². The highest BCUT2D eigenvalue weighted by atomic mass is 19.1. The Morgan fingerprint density at radius 1 is 1.43 bits per heavy atom. The lowest BCUT2D eigenvalue weighted by Crippen LogP contribution is -2.58. The molecule has 23 heavy (non-hydrogen) atoms. The first kappa shape index (κ1) is 16.4. The van der Waals surface area contributed by atoms with E-state index < -0.39 is 5.60 Å². The zero-order chi connectivity index (χ0) is 16.4. The lowest BCUT2D eigenvalue weighted by molar-refractivity contribution is -0.156. The highest BCUT2D eigenvalue weighted by molar-refractivity contribution is 5.86. The molecule has 2 fully saturated rings. The van der Waals surface area contributed by atoms with Crippen molar-refractivity contribution >= 4 is 5.91 Å². The van der Waals surface area contributed by atoms with Gasteiger partial charge in [-0.15, -0.1) is 0 Å². The molecule has 4 nitrogen and oxygen atoms in total. The van der Waals surface area contributed by atoms with Crippen LogP contribution < -0.4 is 5.32 Å². The summed E-state index contributed by atoms with van der Waals surface area (Å²) in [7, 11) is 0. The summed E-state index contributed by atoms with van der Waals surface area (Å²) in [4.78, 5) is 14.3. The van der Waals surface area contributed by atoms with Gasteiger partial charge in [0.15, 0.2) is 5.60 Å². The number of benzene rings is 1. The van der Waals surface area contributed by atoms with Gasteiger partial charge in [-0.1, -0.05) is 12.1 Å². The maximum absolute atomic E-state index is 13.5. The predicted molar refractivity (Wildman–Crippen MR) is 86.3 cm³/mol. The van der Waals surface area contributed by atoms with E-state index in [0.717, 1.165) is 25.1 Å². The normalized spacial score (nSPS) is 25.0. The molecule has 0 spiro atoms. The van der Waals surface area contributed by atoms with E-state index in [1.807, 2.05) is 11.0 Å². The van der Waals surface area contributed by atoms with Crippen LogP contribution in [0.15, 0.2) is 18.2 Å². The fraction of sp³-hybridized carbons (Fsp3) is 0.611. The van der Waals surface area contributed by atoms with E-state index in [4.69, 9.17) is 0 Å². The molecule has 0 radical (unpaired) electrons. The van der Waals surface area contributed by atoms with Gasteiger partial charge in [0, 0.05) is 26.2 Å². The molecule has 1 unspecified atom stereocenters. The van der Waals surface area contributed by atoms with Gasteiger partial charge in [-0.05, 0) is 55.7 Å². The molecule has 1 saturated carbocycles. The van der Waals surface area contributed by atoms with Crippen LogP contribution in [0, 0.1) is 18.7 Å². The minimum absolute atomic E-state index is 0.154. The Balaban J connectivity index is 1.54. The Hall–Kier alpha value is -1.46. The van der Waals surface area contributed by atoms with Crippen LogP contribution in [0.5, 0.6) is 0 Å². The number of aliphatic hydroxyl groups is 1. The number of aryl methyl sites for hydroxylation is 1. The zero-order valence-corrected chi connectivity index (χ0v) is 13.6. The Bertz CT molecular complexity index is 588. The van der Waals surface area contributed by atoms with Crippen molar-refractivity contribution in [1.29, 1.82) is 0 Å². The Morgan fingerprint density at radius 3 is 2.91 bits per heavy atom. The van der Waals surface area contributed by atoms with Gasteiger partial charge in [-0.2, -0.15) is 0 Å². The van der Waals surface area contributed by atoms with E-state index in [2.05, 4.69) is 5.32 Å². The predicted octanol–water partition coefficient (Wildman–Crippen LogP) is 1.99. The summed E-state index contributed by atoms with van der Waals surface area (Å²) < 4.78 is 13.5. The van der Waals surface area contributed by atoms with E-state index in [1.165, 1.54) is 18.9 Å². The quantitative estimate of drug-likeness (QED) is 0.843. The second kappa shape index (κ2) is 6.57. The Kier molecular flexibility index (Phi) is 4.69. The lowest BCUT2D eigenvalue weighted by atomic mass is 9.91. The molecular formula is C18H25FN2O2. The van der Waals surface area contributed by atoms with Gasteiger partial charge >= 0.3 is 0 Å². The summed E-state index contributed by atoms with van der Waals surface area (Å²) in [5.74, 6) is 0.246. The van der Waals surface area contributed by atoms with E-state index in [1.54, 1.807) is 13.0 Å². The van der Waals surface area contributed by atoms with Gasteiger partial charge in [0.2, 0.25) is 0 Å². The third-order valence-corrected chi connectivity index (χ3v) is 4.86. The lowest BCUT2D eigenvalue weighted by Gasteiger charge is -2.38. The molecule has 1 aliphatic carbocycles. The van der Waals surface area contributed by atoms with Crippen LogP contribution in [0.4, 0.5) is 4.39 Å². The van der Waals surface area contributed by atoms with Crippen molar-refractivity contribution in [1.82, 2.24) is 10.2 Å². The largest absolute Gasteiger partial charge is 0.379 e. The SMILES string of the molecule is Cc1ccc(CNCC2(O)CCCN(CC3CC3)C2=O)cc1F. The number of nitrogens with one attached hydrogen (secondary N) is 1. The number of hydrogen-bond donors (Lipinski definition) is 2. The molecule has 2 aliphatic rings. The molecule has 5 heteroatoms. The van der Waals surface area contributed by atoms with Crippen molar-refractivity contribution in [3.8, 4) is 0 Å². The summed E-state index contributed by atoms with van der Waals surface area (Å²) in [6, 6.07) is 5.09. The van der Waals surface area contributed by atoms with Crippen molar-refractivity contribution < 1.29 is 14.3 Å². The number of carbonyl (C=O) groups is 1. The Morgan fingerprint density at radius 2 is 2.22 bits per heavy atom. The number of nitrogens with zero attached hydrogens (tertiary/aromatic N) is 1. The van der Waals surface area contributed by atoms with Crippen molar-refractivity contribution in [2.75, 3.05) is 19.6 Å². The number of halogens is 1. The number of carbonyl (C=O) groups excluding carboxylic acids is 1. The summed E-state index contributed by atoms with van der Waals surface area (Å²) in [6.45, 7) is 3.91. The number of hydrogen-bond acceptors (Lipinski definition) is 3. The first-order chi connectivity index (χ1) is 11.0. The van der Waals surface area contributed by atoms with Crippen molar-refractivity contribution in [2.45, 2.75) is 44.8 Å². The monoisotopic (exact) mass is 320 g/mol. The molecule has 2 N–H and O–H groups in total. The van der Waals surface area contributed by atoms with Gasteiger partial charge < -0.3 is 15.3 Å². The smallest absolute Gasteiger partial charge is 0.255 e. The molecule has 1 aromatic rings. The number of amides is 1. The second-order valence-electron chi connectivity index (χ2n) is 7.02. The molecule has 1 amide bonds. The third-order valence-electron chi connectivity index (χ3n) is 4.86. The van der Waals surface area contributed by atoms with Crippen LogP contribution >= 0.6 is 0 Å². The van der Waals surface area contributed by atoms with Gasteiger partial charge in [0.1, 0.15) is 5.82 Å².